The molecule has 3 heterocycles. The molecule has 0 saturated heterocycles. The Kier molecular flexibility index (Phi) is 8.72. The van der Waals surface area contributed by atoms with Crippen molar-refractivity contribution in [3.05, 3.63) is 88.6 Å². The normalized spacial score (nSPS) is 11.2. The van der Waals surface area contributed by atoms with Gasteiger partial charge in [0.15, 0.2) is 5.96 Å². The van der Waals surface area contributed by atoms with E-state index in [9.17, 15) is 0 Å². The molecule has 0 bridgehead atoms. The predicted octanol–water partition coefficient (Wildman–Crippen LogP) is 4.84. The Balaban J connectivity index is 0.00000272. The van der Waals surface area contributed by atoms with E-state index in [0.717, 1.165) is 48.1 Å². The van der Waals surface area contributed by atoms with Gasteiger partial charge in [-0.3, -0.25) is 4.68 Å². The first kappa shape index (κ1) is 23.1. The van der Waals surface area contributed by atoms with Crippen molar-refractivity contribution >= 4 is 41.3 Å². The van der Waals surface area contributed by atoms with Crippen molar-refractivity contribution in [3.8, 4) is 11.3 Å². The van der Waals surface area contributed by atoms with Gasteiger partial charge < -0.3 is 15.1 Å². The minimum absolute atomic E-state index is 0. The molecule has 0 unspecified atom stereocenters. The van der Waals surface area contributed by atoms with Gasteiger partial charge in [0.2, 0.25) is 0 Å². The molecule has 6 nitrogen and oxygen atoms in total. The Morgan fingerprint density at radius 3 is 2.71 bits per heavy atom. The number of thiophene rings is 1. The Labute approximate surface area is 203 Å². The minimum atomic E-state index is 0. The molecule has 3 aromatic heterocycles. The molecule has 31 heavy (non-hydrogen) atoms. The first-order chi connectivity index (χ1) is 14.8. The van der Waals surface area contributed by atoms with E-state index < -0.39 is 0 Å². The van der Waals surface area contributed by atoms with Gasteiger partial charge >= 0.3 is 0 Å². The fourth-order valence-electron chi connectivity index (χ4n) is 3.17. The van der Waals surface area contributed by atoms with Crippen LogP contribution in [0.1, 0.15) is 16.2 Å². The summed E-state index contributed by atoms with van der Waals surface area (Å²) >= 11 is 1.73. The largest absolute Gasteiger partial charge is 0.469 e. The molecule has 0 amide bonds. The van der Waals surface area contributed by atoms with Crippen LogP contribution in [0.4, 0.5) is 0 Å². The zero-order valence-electron chi connectivity index (χ0n) is 17.3. The highest BCUT2D eigenvalue weighted by Gasteiger charge is 2.10. The summed E-state index contributed by atoms with van der Waals surface area (Å²) in [6.45, 7) is 2.02. The summed E-state index contributed by atoms with van der Waals surface area (Å²) < 4.78 is 7.26. The van der Waals surface area contributed by atoms with E-state index in [0.29, 0.717) is 6.54 Å². The first-order valence-electron chi connectivity index (χ1n) is 9.93. The molecular weight excluding hydrogens is 521 g/mol. The number of guanidine groups is 1. The lowest BCUT2D eigenvalue weighted by Gasteiger charge is -2.12. The summed E-state index contributed by atoms with van der Waals surface area (Å²) in [6.07, 6.45) is 4.54. The number of rotatable bonds is 8. The second-order valence-corrected chi connectivity index (χ2v) is 7.93. The molecule has 162 valence electrons. The smallest absolute Gasteiger partial charge is 0.191 e. The van der Waals surface area contributed by atoms with Crippen molar-refractivity contribution in [1.82, 2.24) is 20.4 Å². The van der Waals surface area contributed by atoms with Gasteiger partial charge in [0.1, 0.15) is 5.76 Å². The van der Waals surface area contributed by atoms with E-state index in [1.165, 1.54) is 4.88 Å². The van der Waals surface area contributed by atoms with E-state index >= 15 is 0 Å². The molecule has 0 spiro atoms. The molecular formula is C23H26IN5OS. The Bertz CT molecular complexity index is 1060. The van der Waals surface area contributed by atoms with E-state index in [4.69, 9.17) is 9.41 Å². The topological polar surface area (TPSA) is 67.4 Å². The first-order valence-corrected chi connectivity index (χ1v) is 10.8. The summed E-state index contributed by atoms with van der Waals surface area (Å²) in [5.74, 6) is 1.73. The number of halogens is 1. The molecule has 0 radical (unpaired) electrons. The van der Waals surface area contributed by atoms with Gasteiger partial charge in [-0.1, -0.05) is 36.4 Å². The van der Waals surface area contributed by atoms with Crippen LogP contribution >= 0.6 is 35.3 Å². The van der Waals surface area contributed by atoms with Crippen LogP contribution < -0.4 is 10.6 Å². The van der Waals surface area contributed by atoms with Crippen LogP contribution in [0.25, 0.3) is 11.3 Å². The summed E-state index contributed by atoms with van der Waals surface area (Å²) in [6, 6.07) is 18.3. The van der Waals surface area contributed by atoms with Gasteiger partial charge in [-0.2, -0.15) is 5.10 Å². The van der Waals surface area contributed by atoms with Crippen LogP contribution in [0.5, 0.6) is 0 Å². The van der Waals surface area contributed by atoms with Crippen molar-refractivity contribution < 1.29 is 4.42 Å². The number of aromatic nitrogens is 2. The average molecular weight is 547 g/mol. The Morgan fingerprint density at radius 1 is 1.10 bits per heavy atom. The van der Waals surface area contributed by atoms with Gasteiger partial charge in [-0.05, 0) is 23.6 Å². The van der Waals surface area contributed by atoms with Crippen molar-refractivity contribution in [1.29, 1.82) is 0 Å². The van der Waals surface area contributed by atoms with Crippen molar-refractivity contribution in [2.24, 2.45) is 12.0 Å². The molecule has 0 aliphatic carbocycles. The highest BCUT2D eigenvalue weighted by Crippen LogP contribution is 2.22. The van der Waals surface area contributed by atoms with Gasteiger partial charge in [0, 0.05) is 42.2 Å². The van der Waals surface area contributed by atoms with E-state index in [-0.39, 0.29) is 24.0 Å². The van der Waals surface area contributed by atoms with E-state index in [1.807, 2.05) is 48.3 Å². The van der Waals surface area contributed by atoms with Crippen molar-refractivity contribution in [3.63, 3.8) is 0 Å². The molecule has 0 saturated carbocycles. The quantitative estimate of drug-likeness (QED) is 0.188. The number of furan rings is 1. The van der Waals surface area contributed by atoms with Crippen LogP contribution in [0.3, 0.4) is 0 Å². The summed E-state index contributed by atoms with van der Waals surface area (Å²) in [5, 5.41) is 13.6. The zero-order chi connectivity index (χ0) is 20.6. The lowest BCUT2D eigenvalue weighted by atomic mass is 10.1. The van der Waals surface area contributed by atoms with Crippen LogP contribution in [0.2, 0.25) is 0 Å². The van der Waals surface area contributed by atoms with E-state index in [2.05, 4.69) is 45.4 Å². The lowest BCUT2D eigenvalue weighted by molar-refractivity contribution is 0.506. The average Bonchev–Trinajstić information content (AvgIpc) is 3.53. The molecule has 2 N–H and O–H groups in total. The van der Waals surface area contributed by atoms with Gasteiger partial charge in [0.05, 0.1) is 25.0 Å². The van der Waals surface area contributed by atoms with Crippen LogP contribution in [-0.4, -0.2) is 22.3 Å². The van der Waals surface area contributed by atoms with Gasteiger partial charge in [-0.15, -0.1) is 35.3 Å². The Hall–Kier alpha value is -2.59. The maximum absolute atomic E-state index is 5.42. The van der Waals surface area contributed by atoms with Gasteiger partial charge in [0.25, 0.3) is 0 Å². The number of hydrogen-bond acceptors (Lipinski definition) is 4. The molecule has 0 atom stereocenters. The molecule has 0 fully saturated rings. The highest BCUT2D eigenvalue weighted by atomic mass is 127. The fourth-order valence-corrected chi connectivity index (χ4v) is 3.82. The molecule has 0 aliphatic rings. The number of hydrogen-bond donors (Lipinski definition) is 2. The van der Waals surface area contributed by atoms with Crippen molar-refractivity contribution in [2.75, 3.05) is 6.54 Å². The fraction of sp³-hybridized carbons (Fsp3) is 0.217. The van der Waals surface area contributed by atoms with E-state index in [1.54, 1.807) is 17.6 Å². The second kappa shape index (κ2) is 11.7. The lowest BCUT2D eigenvalue weighted by Crippen LogP contribution is -2.38. The number of aryl methyl sites for hydroxylation is 1. The van der Waals surface area contributed by atoms with Crippen LogP contribution in [0.15, 0.2) is 81.8 Å². The summed E-state index contributed by atoms with van der Waals surface area (Å²) in [5.41, 5.74) is 3.16. The molecule has 8 heteroatoms. The van der Waals surface area contributed by atoms with Gasteiger partial charge in [-0.25, -0.2) is 4.99 Å². The summed E-state index contributed by atoms with van der Waals surface area (Å²) in [7, 11) is 1.94. The van der Waals surface area contributed by atoms with Crippen LogP contribution in [-0.2, 0) is 26.6 Å². The highest BCUT2D eigenvalue weighted by molar-refractivity contribution is 14.0. The minimum Gasteiger partial charge on any atom is -0.469 e. The second-order valence-electron chi connectivity index (χ2n) is 6.90. The standard InChI is InChI=1S/C23H25N5OS.HI/c1-28-17-19(22(27-28)18-7-3-2-4-8-18)15-25-23(26-16-21-10-6-14-30-21)24-12-11-20-9-5-13-29-20;/h2-10,13-14,17H,11-12,15-16H2,1H3,(H2,24,25,26);1H. The zero-order valence-corrected chi connectivity index (χ0v) is 20.5. The number of aliphatic imine (C=N–C) groups is 1. The summed E-state index contributed by atoms with van der Waals surface area (Å²) in [4.78, 5) is 6.09. The number of nitrogens with zero attached hydrogens (tertiary/aromatic N) is 3. The number of benzene rings is 1. The Morgan fingerprint density at radius 2 is 1.97 bits per heavy atom. The molecule has 0 aliphatic heterocycles. The molecule has 4 aromatic rings. The molecule has 1 aromatic carbocycles. The van der Waals surface area contributed by atoms with Crippen LogP contribution in [0, 0.1) is 0 Å². The monoisotopic (exact) mass is 547 g/mol. The third-order valence-electron chi connectivity index (χ3n) is 4.61. The maximum Gasteiger partial charge on any atom is 0.191 e. The number of nitrogens with one attached hydrogen (secondary N) is 2. The predicted molar refractivity (Wildman–Crippen MR) is 137 cm³/mol. The third-order valence-corrected chi connectivity index (χ3v) is 5.49. The van der Waals surface area contributed by atoms with Crippen molar-refractivity contribution in [2.45, 2.75) is 19.5 Å². The maximum atomic E-state index is 5.42. The molecule has 4 rings (SSSR count). The SMILES string of the molecule is Cn1cc(CN=C(NCCc2ccco2)NCc2cccs2)c(-c2ccccc2)n1.I. The third kappa shape index (κ3) is 6.70.